The highest BCUT2D eigenvalue weighted by Gasteiger charge is 2.19. The third-order valence-electron chi connectivity index (χ3n) is 3.16. The molecule has 0 saturated carbocycles. The van der Waals surface area contributed by atoms with Crippen LogP contribution in [0.1, 0.15) is 17.2 Å². The van der Waals surface area contributed by atoms with E-state index in [1.54, 1.807) is 7.11 Å². The summed E-state index contributed by atoms with van der Waals surface area (Å²) in [6, 6.07) is 14.4. The molecule has 0 aliphatic rings. The van der Waals surface area contributed by atoms with Crippen LogP contribution in [-0.4, -0.2) is 13.2 Å². The molecule has 0 heterocycles. The van der Waals surface area contributed by atoms with Crippen LogP contribution in [-0.2, 0) is 11.2 Å². The van der Waals surface area contributed by atoms with Crippen molar-refractivity contribution >= 4 is 15.9 Å². The molecule has 2 rings (SSSR count). The Morgan fingerprint density at radius 3 is 2.50 bits per heavy atom. The number of halogens is 2. The molecule has 0 aliphatic heterocycles. The standard InChI is InChI=1S/C16H17BrFNO/c1-20-16(12-5-3-2-4-6-12)15(19)9-11-7-13(17)10-14(18)8-11/h2-8,10,15-16H,9,19H2,1H3. The van der Waals surface area contributed by atoms with E-state index in [0.29, 0.717) is 10.9 Å². The lowest BCUT2D eigenvalue weighted by atomic mass is 9.97. The smallest absolute Gasteiger partial charge is 0.124 e. The molecular formula is C16H17BrFNO. The van der Waals surface area contributed by atoms with E-state index in [9.17, 15) is 4.39 Å². The van der Waals surface area contributed by atoms with Crippen molar-refractivity contribution in [1.29, 1.82) is 0 Å². The van der Waals surface area contributed by atoms with Crippen molar-refractivity contribution < 1.29 is 9.13 Å². The summed E-state index contributed by atoms with van der Waals surface area (Å²) in [6.07, 6.45) is 0.335. The molecule has 0 bridgehead atoms. The lowest BCUT2D eigenvalue weighted by Gasteiger charge is -2.23. The highest BCUT2D eigenvalue weighted by Crippen LogP contribution is 2.23. The van der Waals surface area contributed by atoms with Gasteiger partial charge in [0, 0.05) is 17.6 Å². The summed E-state index contributed by atoms with van der Waals surface area (Å²) in [4.78, 5) is 0. The topological polar surface area (TPSA) is 35.2 Å². The molecular weight excluding hydrogens is 321 g/mol. The van der Waals surface area contributed by atoms with E-state index in [-0.39, 0.29) is 18.0 Å². The summed E-state index contributed by atoms with van der Waals surface area (Å²) >= 11 is 3.29. The number of rotatable bonds is 5. The van der Waals surface area contributed by atoms with Crippen LogP contribution in [0.25, 0.3) is 0 Å². The van der Waals surface area contributed by atoms with Gasteiger partial charge in [0.05, 0.1) is 6.10 Å². The van der Waals surface area contributed by atoms with Gasteiger partial charge >= 0.3 is 0 Å². The molecule has 2 atom stereocenters. The zero-order valence-corrected chi connectivity index (χ0v) is 12.8. The summed E-state index contributed by atoms with van der Waals surface area (Å²) in [5.41, 5.74) is 8.11. The third kappa shape index (κ3) is 3.88. The van der Waals surface area contributed by atoms with E-state index in [0.717, 1.165) is 11.1 Å². The Bertz CT molecular complexity index is 541. The van der Waals surface area contributed by atoms with Crippen molar-refractivity contribution in [3.8, 4) is 0 Å². The molecule has 2 aromatic carbocycles. The Balaban J connectivity index is 2.15. The second-order valence-electron chi connectivity index (χ2n) is 4.71. The van der Waals surface area contributed by atoms with E-state index in [1.807, 2.05) is 36.4 Å². The first-order chi connectivity index (χ1) is 9.60. The Morgan fingerprint density at radius 2 is 1.90 bits per heavy atom. The van der Waals surface area contributed by atoms with E-state index in [2.05, 4.69) is 15.9 Å². The van der Waals surface area contributed by atoms with E-state index in [4.69, 9.17) is 10.5 Å². The lowest BCUT2D eigenvalue weighted by Crippen LogP contribution is -2.32. The maximum Gasteiger partial charge on any atom is 0.124 e. The summed E-state index contributed by atoms with van der Waals surface area (Å²) < 4.78 is 19.6. The SMILES string of the molecule is COC(c1ccccc1)C(N)Cc1cc(F)cc(Br)c1. The summed E-state index contributed by atoms with van der Waals surface area (Å²) in [6.45, 7) is 0. The zero-order chi connectivity index (χ0) is 14.5. The molecule has 0 radical (unpaired) electrons. The van der Waals surface area contributed by atoms with Gasteiger partial charge in [-0.05, 0) is 35.7 Å². The monoisotopic (exact) mass is 337 g/mol. The third-order valence-corrected chi connectivity index (χ3v) is 3.62. The summed E-state index contributed by atoms with van der Waals surface area (Å²) in [5.74, 6) is -0.268. The van der Waals surface area contributed by atoms with Crippen molar-refractivity contribution in [2.75, 3.05) is 7.11 Å². The molecule has 106 valence electrons. The Hall–Kier alpha value is -1.23. The highest BCUT2D eigenvalue weighted by atomic mass is 79.9. The maximum absolute atomic E-state index is 13.4. The van der Waals surface area contributed by atoms with Crippen LogP contribution >= 0.6 is 15.9 Å². The molecule has 4 heteroatoms. The van der Waals surface area contributed by atoms with Gasteiger partial charge in [-0.1, -0.05) is 46.3 Å². The number of nitrogens with two attached hydrogens (primary N) is 1. The summed E-state index contributed by atoms with van der Waals surface area (Å²) in [7, 11) is 1.64. The molecule has 0 spiro atoms. The first-order valence-corrected chi connectivity index (χ1v) is 7.17. The number of ether oxygens (including phenoxy) is 1. The van der Waals surface area contributed by atoms with Gasteiger partial charge in [-0.25, -0.2) is 4.39 Å². The highest BCUT2D eigenvalue weighted by molar-refractivity contribution is 9.10. The lowest BCUT2D eigenvalue weighted by molar-refractivity contribution is 0.0802. The second-order valence-corrected chi connectivity index (χ2v) is 5.63. The maximum atomic E-state index is 13.4. The normalized spacial score (nSPS) is 14.0. The minimum Gasteiger partial charge on any atom is -0.375 e. The van der Waals surface area contributed by atoms with Gasteiger partial charge in [-0.2, -0.15) is 0 Å². The minimum absolute atomic E-state index is 0.210. The molecule has 0 saturated heterocycles. The van der Waals surface area contributed by atoms with E-state index in [1.165, 1.54) is 12.1 Å². The van der Waals surface area contributed by atoms with Crippen LogP contribution in [0, 0.1) is 5.82 Å². The molecule has 0 amide bonds. The van der Waals surface area contributed by atoms with Crippen LogP contribution < -0.4 is 5.73 Å². The van der Waals surface area contributed by atoms with Crippen LogP contribution in [0.3, 0.4) is 0 Å². The van der Waals surface area contributed by atoms with Gasteiger partial charge in [0.1, 0.15) is 5.82 Å². The van der Waals surface area contributed by atoms with Crippen molar-refractivity contribution in [2.24, 2.45) is 5.73 Å². The van der Waals surface area contributed by atoms with Crippen LogP contribution in [0.15, 0.2) is 53.0 Å². The molecule has 20 heavy (non-hydrogen) atoms. The van der Waals surface area contributed by atoms with Crippen molar-refractivity contribution in [1.82, 2.24) is 0 Å². The van der Waals surface area contributed by atoms with Gasteiger partial charge in [0.15, 0.2) is 0 Å². The van der Waals surface area contributed by atoms with Crippen LogP contribution in [0.5, 0.6) is 0 Å². The summed E-state index contributed by atoms with van der Waals surface area (Å²) in [5, 5.41) is 0. The van der Waals surface area contributed by atoms with Crippen molar-refractivity contribution in [3.05, 3.63) is 69.9 Å². The predicted molar refractivity (Wildman–Crippen MR) is 82.0 cm³/mol. The Morgan fingerprint density at radius 1 is 1.20 bits per heavy atom. The van der Waals surface area contributed by atoms with Gasteiger partial charge in [0.25, 0.3) is 0 Å². The van der Waals surface area contributed by atoms with Crippen molar-refractivity contribution in [2.45, 2.75) is 18.6 Å². The number of benzene rings is 2. The number of hydrogen-bond acceptors (Lipinski definition) is 2. The Kier molecular flexibility index (Phi) is 5.29. The second kappa shape index (κ2) is 6.97. The molecule has 0 aliphatic carbocycles. The minimum atomic E-state index is -0.268. The number of methoxy groups -OCH3 is 1. The van der Waals surface area contributed by atoms with Crippen LogP contribution in [0.4, 0.5) is 4.39 Å². The first kappa shape index (κ1) is 15.2. The molecule has 0 fully saturated rings. The van der Waals surface area contributed by atoms with Gasteiger partial charge in [-0.15, -0.1) is 0 Å². The molecule has 2 N–H and O–H groups in total. The zero-order valence-electron chi connectivity index (χ0n) is 11.2. The Labute approximate surface area is 126 Å². The van der Waals surface area contributed by atoms with Gasteiger partial charge in [-0.3, -0.25) is 0 Å². The predicted octanol–water partition coefficient (Wildman–Crippen LogP) is 3.85. The van der Waals surface area contributed by atoms with Crippen LogP contribution in [0.2, 0.25) is 0 Å². The largest absolute Gasteiger partial charge is 0.375 e. The average Bonchev–Trinajstić information content (AvgIpc) is 2.39. The van der Waals surface area contributed by atoms with Gasteiger partial charge < -0.3 is 10.5 Å². The average molecular weight is 338 g/mol. The van der Waals surface area contributed by atoms with E-state index < -0.39 is 0 Å². The fourth-order valence-corrected chi connectivity index (χ4v) is 2.82. The fourth-order valence-electron chi connectivity index (χ4n) is 2.31. The number of hydrogen-bond donors (Lipinski definition) is 1. The van der Waals surface area contributed by atoms with Crippen molar-refractivity contribution in [3.63, 3.8) is 0 Å². The molecule has 2 unspecified atom stereocenters. The molecule has 0 aromatic heterocycles. The molecule has 2 nitrogen and oxygen atoms in total. The fraction of sp³-hybridized carbons (Fsp3) is 0.250. The van der Waals surface area contributed by atoms with Gasteiger partial charge in [0.2, 0.25) is 0 Å². The first-order valence-electron chi connectivity index (χ1n) is 6.38. The quantitative estimate of drug-likeness (QED) is 0.899. The van der Waals surface area contributed by atoms with E-state index >= 15 is 0 Å². The molecule has 2 aromatic rings.